The number of rotatable bonds is 6. The highest BCUT2D eigenvalue weighted by molar-refractivity contribution is 6.76. The molecule has 0 bridgehead atoms. The van der Waals surface area contributed by atoms with E-state index in [1.165, 1.54) is 0 Å². The van der Waals surface area contributed by atoms with Crippen molar-refractivity contribution in [1.82, 2.24) is 4.98 Å². The summed E-state index contributed by atoms with van der Waals surface area (Å²) < 4.78 is 30.9. The average Bonchev–Trinajstić information content (AvgIpc) is 2.26. The number of hydrogen-bond donors (Lipinski definition) is 1. The SMILES string of the molecule is C[Si](C)(C)CCOc1cc(C(F)F)c(C(N)=O)cn1. The van der Waals surface area contributed by atoms with Crippen molar-refractivity contribution in [2.75, 3.05) is 6.61 Å². The van der Waals surface area contributed by atoms with Crippen LogP contribution >= 0.6 is 0 Å². The Morgan fingerprint density at radius 2 is 2.11 bits per heavy atom. The quantitative estimate of drug-likeness (QED) is 0.819. The van der Waals surface area contributed by atoms with Crippen LogP contribution in [0.1, 0.15) is 22.3 Å². The number of alkyl halides is 2. The van der Waals surface area contributed by atoms with Crippen molar-refractivity contribution in [3.8, 4) is 5.88 Å². The maximum atomic E-state index is 12.8. The molecule has 0 unspecified atom stereocenters. The van der Waals surface area contributed by atoms with Gasteiger partial charge in [-0.1, -0.05) is 19.6 Å². The van der Waals surface area contributed by atoms with E-state index in [0.29, 0.717) is 6.61 Å². The highest BCUT2D eigenvalue weighted by Gasteiger charge is 2.19. The second kappa shape index (κ2) is 6.09. The van der Waals surface area contributed by atoms with Gasteiger partial charge < -0.3 is 10.5 Å². The summed E-state index contributed by atoms with van der Waals surface area (Å²) in [5, 5.41) is 0. The van der Waals surface area contributed by atoms with E-state index in [0.717, 1.165) is 18.3 Å². The van der Waals surface area contributed by atoms with E-state index >= 15 is 0 Å². The first-order valence-corrected chi connectivity index (χ1v) is 9.62. The molecule has 0 aliphatic rings. The predicted octanol–water partition coefficient (Wildman–Crippen LogP) is 2.84. The highest BCUT2D eigenvalue weighted by atomic mass is 28.3. The zero-order valence-corrected chi connectivity index (χ0v) is 12.2. The van der Waals surface area contributed by atoms with Crippen LogP contribution < -0.4 is 10.5 Å². The summed E-state index contributed by atoms with van der Waals surface area (Å²) in [4.78, 5) is 14.8. The maximum absolute atomic E-state index is 12.8. The first kappa shape index (κ1) is 15.6. The number of halogens is 2. The molecule has 0 fully saturated rings. The number of hydrogen-bond acceptors (Lipinski definition) is 3. The first-order valence-electron chi connectivity index (χ1n) is 5.91. The Bertz CT molecular complexity index is 462. The smallest absolute Gasteiger partial charge is 0.264 e. The zero-order chi connectivity index (χ0) is 14.6. The summed E-state index contributed by atoms with van der Waals surface area (Å²) in [6.07, 6.45) is -1.75. The molecule has 0 aromatic carbocycles. The largest absolute Gasteiger partial charge is 0.478 e. The minimum atomic E-state index is -2.79. The Balaban J connectivity index is 2.82. The van der Waals surface area contributed by atoms with E-state index in [-0.39, 0.29) is 11.4 Å². The van der Waals surface area contributed by atoms with Crippen LogP contribution in [-0.4, -0.2) is 25.6 Å². The summed E-state index contributed by atoms with van der Waals surface area (Å²) >= 11 is 0. The van der Waals surface area contributed by atoms with E-state index in [1.54, 1.807) is 0 Å². The number of carbonyl (C=O) groups excluding carboxylic acids is 1. The fourth-order valence-electron chi connectivity index (χ4n) is 1.38. The fourth-order valence-corrected chi connectivity index (χ4v) is 2.09. The maximum Gasteiger partial charge on any atom is 0.264 e. The van der Waals surface area contributed by atoms with Crippen LogP contribution in [0.15, 0.2) is 12.3 Å². The lowest BCUT2D eigenvalue weighted by Crippen LogP contribution is -2.22. The van der Waals surface area contributed by atoms with Crippen molar-refractivity contribution in [3.05, 3.63) is 23.4 Å². The molecule has 0 saturated heterocycles. The monoisotopic (exact) mass is 288 g/mol. The van der Waals surface area contributed by atoms with Gasteiger partial charge in [-0.3, -0.25) is 4.79 Å². The van der Waals surface area contributed by atoms with Crippen LogP contribution in [0.5, 0.6) is 5.88 Å². The highest BCUT2D eigenvalue weighted by Crippen LogP contribution is 2.25. The number of pyridine rings is 1. The minimum absolute atomic E-state index is 0.0959. The van der Waals surface area contributed by atoms with E-state index in [4.69, 9.17) is 10.5 Å². The van der Waals surface area contributed by atoms with Crippen molar-refractivity contribution in [2.45, 2.75) is 32.1 Å². The lowest BCUT2D eigenvalue weighted by molar-refractivity contribution is 0.0985. The Morgan fingerprint density at radius 3 is 2.58 bits per heavy atom. The number of ether oxygens (including phenoxy) is 1. The number of primary amides is 1. The molecule has 0 atom stereocenters. The van der Waals surface area contributed by atoms with E-state index in [9.17, 15) is 13.6 Å². The van der Waals surface area contributed by atoms with Crippen LogP contribution in [0.4, 0.5) is 8.78 Å². The summed E-state index contributed by atoms with van der Waals surface area (Å²) in [6, 6.07) is 1.98. The van der Waals surface area contributed by atoms with Gasteiger partial charge in [0.15, 0.2) is 0 Å². The molecule has 1 amide bonds. The number of aromatic nitrogens is 1. The molecule has 106 valence electrons. The number of nitrogens with zero attached hydrogens (tertiary/aromatic N) is 1. The summed E-state index contributed by atoms with van der Waals surface area (Å²) in [5.41, 5.74) is 4.30. The zero-order valence-electron chi connectivity index (χ0n) is 11.2. The van der Waals surface area contributed by atoms with Gasteiger partial charge in [-0.25, -0.2) is 13.8 Å². The fraction of sp³-hybridized carbons (Fsp3) is 0.500. The second-order valence-corrected chi connectivity index (χ2v) is 11.1. The van der Waals surface area contributed by atoms with Gasteiger partial charge in [0, 0.05) is 25.9 Å². The third-order valence-electron chi connectivity index (χ3n) is 2.51. The Kier molecular flexibility index (Phi) is 4.99. The molecule has 1 rings (SSSR count). The number of carbonyl (C=O) groups is 1. The summed E-state index contributed by atoms with van der Waals surface area (Å²) in [7, 11) is -1.25. The average molecular weight is 288 g/mol. The van der Waals surface area contributed by atoms with Crippen molar-refractivity contribution in [2.24, 2.45) is 5.73 Å². The van der Waals surface area contributed by atoms with Crippen LogP contribution in [0.25, 0.3) is 0 Å². The third-order valence-corrected chi connectivity index (χ3v) is 4.22. The molecule has 1 heterocycles. The van der Waals surface area contributed by atoms with Gasteiger partial charge in [0.05, 0.1) is 12.2 Å². The molecule has 0 aliphatic heterocycles. The minimum Gasteiger partial charge on any atom is -0.478 e. The molecule has 4 nitrogen and oxygen atoms in total. The lowest BCUT2D eigenvalue weighted by atomic mass is 10.1. The van der Waals surface area contributed by atoms with Crippen molar-refractivity contribution in [3.63, 3.8) is 0 Å². The van der Waals surface area contributed by atoms with Gasteiger partial charge in [-0.15, -0.1) is 0 Å². The lowest BCUT2D eigenvalue weighted by Gasteiger charge is -2.16. The molecule has 2 N–H and O–H groups in total. The van der Waals surface area contributed by atoms with Crippen LogP contribution in [0.3, 0.4) is 0 Å². The van der Waals surface area contributed by atoms with E-state index < -0.39 is 26.0 Å². The van der Waals surface area contributed by atoms with Gasteiger partial charge >= 0.3 is 0 Å². The topological polar surface area (TPSA) is 65.2 Å². The Morgan fingerprint density at radius 1 is 1.47 bits per heavy atom. The van der Waals surface area contributed by atoms with Gasteiger partial charge in [0.2, 0.25) is 5.88 Å². The van der Waals surface area contributed by atoms with Crippen LogP contribution in [-0.2, 0) is 0 Å². The molecule has 19 heavy (non-hydrogen) atoms. The third kappa shape index (κ3) is 4.94. The molecule has 0 saturated carbocycles. The molecular weight excluding hydrogens is 270 g/mol. The van der Waals surface area contributed by atoms with E-state index in [1.807, 2.05) is 0 Å². The first-order chi connectivity index (χ1) is 8.70. The van der Waals surface area contributed by atoms with Gasteiger partial charge in [0.25, 0.3) is 12.3 Å². The molecule has 1 aromatic heterocycles. The number of amides is 1. The summed E-state index contributed by atoms with van der Waals surface area (Å²) in [5.74, 6) is -0.824. The molecular formula is C12H18F2N2O2Si. The molecule has 0 spiro atoms. The van der Waals surface area contributed by atoms with Crippen LogP contribution in [0.2, 0.25) is 25.7 Å². The van der Waals surface area contributed by atoms with Crippen molar-refractivity contribution >= 4 is 14.0 Å². The van der Waals surface area contributed by atoms with Crippen molar-refractivity contribution < 1.29 is 18.3 Å². The Labute approximate surface area is 112 Å². The van der Waals surface area contributed by atoms with Crippen LogP contribution in [0, 0.1) is 0 Å². The summed E-state index contributed by atoms with van der Waals surface area (Å²) in [6.45, 7) is 6.99. The second-order valence-electron chi connectivity index (χ2n) is 5.43. The van der Waals surface area contributed by atoms with Gasteiger partial charge in [0.1, 0.15) is 0 Å². The predicted molar refractivity (Wildman–Crippen MR) is 71.4 cm³/mol. The number of nitrogens with two attached hydrogens (primary N) is 1. The molecule has 1 aromatic rings. The standard InChI is InChI=1S/C12H18F2N2O2Si/c1-19(2,3)5-4-18-10-6-8(11(13)14)9(7-16-10)12(15)17/h6-7,11H,4-5H2,1-3H3,(H2,15,17). The molecule has 0 radical (unpaired) electrons. The van der Waals surface area contributed by atoms with E-state index in [2.05, 4.69) is 24.6 Å². The normalized spacial score (nSPS) is 11.7. The van der Waals surface area contributed by atoms with Gasteiger partial charge in [-0.2, -0.15) is 0 Å². The van der Waals surface area contributed by atoms with Crippen molar-refractivity contribution in [1.29, 1.82) is 0 Å². The molecule has 7 heteroatoms. The molecule has 0 aliphatic carbocycles. The Hall–Kier alpha value is -1.50. The van der Waals surface area contributed by atoms with Gasteiger partial charge in [-0.05, 0) is 6.04 Å².